The zero-order chi connectivity index (χ0) is 11.8. The number of hydrogen-bond donors (Lipinski definition) is 1. The molecule has 0 aromatic carbocycles. The summed E-state index contributed by atoms with van der Waals surface area (Å²) in [7, 11) is 1.91. The average molecular weight is 233 g/mol. The Bertz CT molecular complexity index is 517. The quantitative estimate of drug-likeness (QED) is 0.830. The third kappa shape index (κ3) is 1.74. The van der Waals surface area contributed by atoms with Crippen LogP contribution in [0.4, 0.5) is 0 Å². The number of rotatable bonds is 2. The van der Waals surface area contributed by atoms with Crippen molar-refractivity contribution in [2.75, 3.05) is 13.1 Å². The molecular weight excluding hydrogens is 218 g/mol. The summed E-state index contributed by atoms with van der Waals surface area (Å²) in [6.45, 7) is 4.11. The molecule has 2 aromatic heterocycles. The van der Waals surface area contributed by atoms with Gasteiger partial charge in [0.15, 0.2) is 0 Å². The highest BCUT2D eigenvalue weighted by Crippen LogP contribution is 2.27. The lowest BCUT2D eigenvalue weighted by atomic mass is 9.98. The van der Waals surface area contributed by atoms with Crippen LogP contribution in [0, 0.1) is 5.92 Å². The Balaban J connectivity index is 1.90. The van der Waals surface area contributed by atoms with Gasteiger partial charge in [-0.05, 0) is 12.5 Å². The van der Waals surface area contributed by atoms with Gasteiger partial charge in [0, 0.05) is 13.6 Å². The lowest BCUT2D eigenvalue weighted by Gasteiger charge is -2.07. The van der Waals surface area contributed by atoms with Gasteiger partial charge in [0.05, 0.1) is 18.4 Å². The molecule has 2 unspecified atom stereocenters. The molecular formula is C11H15N5O. The van der Waals surface area contributed by atoms with Gasteiger partial charge in [-0.1, -0.05) is 12.1 Å². The molecule has 3 rings (SSSR count). The van der Waals surface area contributed by atoms with Gasteiger partial charge in [0.25, 0.3) is 0 Å². The van der Waals surface area contributed by atoms with E-state index in [1.165, 1.54) is 0 Å². The second-order valence-corrected chi connectivity index (χ2v) is 4.59. The van der Waals surface area contributed by atoms with E-state index in [4.69, 9.17) is 4.52 Å². The average Bonchev–Trinajstić information content (AvgIpc) is 2.97. The molecule has 0 aliphatic carbocycles. The molecule has 1 N–H and O–H groups in total. The number of aromatic nitrogens is 4. The smallest absolute Gasteiger partial charge is 0.231 e. The van der Waals surface area contributed by atoms with Gasteiger partial charge in [-0.25, -0.2) is 4.98 Å². The summed E-state index contributed by atoms with van der Waals surface area (Å²) in [5.74, 6) is 2.19. The highest BCUT2D eigenvalue weighted by atomic mass is 16.5. The fourth-order valence-electron chi connectivity index (χ4n) is 2.20. The van der Waals surface area contributed by atoms with E-state index in [0.717, 1.165) is 24.7 Å². The first-order chi connectivity index (χ1) is 8.25. The zero-order valence-corrected chi connectivity index (χ0v) is 9.92. The fraction of sp³-hybridized carbons (Fsp3) is 0.545. The molecule has 1 aliphatic heterocycles. The first kappa shape index (κ1) is 10.5. The maximum absolute atomic E-state index is 5.36. The molecule has 0 amide bonds. The highest BCUT2D eigenvalue weighted by molar-refractivity contribution is 5.47. The number of nitrogens with zero attached hydrogens (tertiary/aromatic N) is 4. The summed E-state index contributed by atoms with van der Waals surface area (Å²) < 4.78 is 7.24. The van der Waals surface area contributed by atoms with E-state index in [1.54, 1.807) is 12.5 Å². The van der Waals surface area contributed by atoms with E-state index in [-0.39, 0.29) is 0 Å². The molecule has 1 fully saturated rings. The lowest BCUT2D eigenvalue weighted by molar-refractivity contribution is 0.340. The van der Waals surface area contributed by atoms with Crippen LogP contribution >= 0.6 is 0 Å². The number of hydrogen-bond acceptors (Lipinski definition) is 5. The van der Waals surface area contributed by atoms with E-state index in [1.807, 2.05) is 11.6 Å². The maximum Gasteiger partial charge on any atom is 0.231 e. The van der Waals surface area contributed by atoms with Crippen LogP contribution in [0.2, 0.25) is 0 Å². The van der Waals surface area contributed by atoms with Crippen LogP contribution in [-0.4, -0.2) is 32.8 Å². The van der Waals surface area contributed by atoms with Crippen LogP contribution in [0.25, 0.3) is 11.5 Å². The Morgan fingerprint density at radius 3 is 3.00 bits per heavy atom. The minimum Gasteiger partial charge on any atom is -0.339 e. The summed E-state index contributed by atoms with van der Waals surface area (Å²) in [6, 6.07) is 0. The van der Waals surface area contributed by atoms with Crippen molar-refractivity contribution in [2.45, 2.75) is 12.8 Å². The molecule has 0 radical (unpaired) electrons. The van der Waals surface area contributed by atoms with Gasteiger partial charge in [-0.3, -0.25) is 0 Å². The molecule has 0 saturated carbocycles. The fourth-order valence-corrected chi connectivity index (χ4v) is 2.20. The van der Waals surface area contributed by atoms with Crippen molar-refractivity contribution < 1.29 is 4.52 Å². The summed E-state index contributed by atoms with van der Waals surface area (Å²) in [5, 5.41) is 7.35. The van der Waals surface area contributed by atoms with Crippen LogP contribution < -0.4 is 5.32 Å². The van der Waals surface area contributed by atoms with Gasteiger partial charge < -0.3 is 14.4 Å². The van der Waals surface area contributed by atoms with Crippen molar-refractivity contribution >= 4 is 0 Å². The van der Waals surface area contributed by atoms with Crippen molar-refractivity contribution in [1.82, 2.24) is 25.0 Å². The van der Waals surface area contributed by atoms with Crippen LogP contribution in [0.1, 0.15) is 18.7 Å². The molecule has 0 bridgehead atoms. The number of nitrogens with one attached hydrogen (secondary N) is 1. The minimum absolute atomic E-state index is 0.324. The van der Waals surface area contributed by atoms with Gasteiger partial charge in [-0.15, -0.1) is 0 Å². The molecule has 90 valence electrons. The third-order valence-electron chi connectivity index (χ3n) is 3.32. The topological polar surface area (TPSA) is 68.8 Å². The van der Waals surface area contributed by atoms with Gasteiger partial charge in [0.2, 0.25) is 11.7 Å². The second kappa shape index (κ2) is 3.96. The molecule has 2 aromatic rings. The van der Waals surface area contributed by atoms with Crippen LogP contribution in [0.5, 0.6) is 0 Å². The Morgan fingerprint density at radius 1 is 1.47 bits per heavy atom. The van der Waals surface area contributed by atoms with Crippen molar-refractivity contribution in [3.05, 3.63) is 18.4 Å². The molecule has 17 heavy (non-hydrogen) atoms. The monoisotopic (exact) mass is 233 g/mol. The summed E-state index contributed by atoms with van der Waals surface area (Å²) in [4.78, 5) is 8.52. The Labute approximate surface area is 99.0 Å². The first-order valence-corrected chi connectivity index (χ1v) is 5.76. The predicted octanol–water partition coefficient (Wildman–Crippen LogP) is 0.793. The first-order valence-electron chi connectivity index (χ1n) is 5.76. The normalized spacial score (nSPS) is 24.4. The van der Waals surface area contributed by atoms with Crippen LogP contribution in [0.3, 0.4) is 0 Å². The summed E-state index contributed by atoms with van der Waals surface area (Å²) in [5.41, 5.74) is 0.874. The molecule has 2 atom stereocenters. The zero-order valence-electron chi connectivity index (χ0n) is 9.92. The Morgan fingerprint density at radius 2 is 2.35 bits per heavy atom. The van der Waals surface area contributed by atoms with Crippen molar-refractivity contribution in [1.29, 1.82) is 0 Å². The summed E-state index contributed by atoms with van der Waals surface area (Å²) >= 11 is 0. The largest absolute Gasteiger partial charge is 0.339 e. The van der Waals surface area contributed by atoms with E-state index < -0.39 is 0 Å². The standard InChI is InChI=1S/C11H15N5O/c1-7-3-12-4-8(7)11-14-10(15-17-11)9-5-13-6-16(9)2/h5-8,12H,3-4H2,1-2H3. The maximum atomic E-state index is 5.36. The SMILES string of the molecule is CC1CNCC1c1nc(-c2cncn2C)no1. The highest BCUT2D eigenvalue weighted by Gasteiger charge is 2.29. The Kier molecular flexibility index (Phi) is 2.44. The summed E-state index contributed by atoms with van der Waals surface area (Å²) in [6.07, 6.45) is 3.47. The number of aryl methyl sites for hydroxylation is 1. The molecule has 1 aliphatic rings. The van der Waals surface area contributed by atoms with Crippen molar-refractivity contribution in [2.24, 2.45) is 13.0 Å². The predicted molar refractivity (Wildman–Crippen MR) is 61.3 cm³/mol. The van der Waals surface area contributed by atoms with Gasteiger partial charge >= 0.3 is 0 Å². The second-order valence-electron chi connectivity index (χ2n) is 4.59. The molecule has 0 spiro atoms. The van der Waals surface area contributed by atoms with E-state index in [0.29, 0.717) is 17.7 Å². The molecule has 1 saturated heterocycles. The molecule has 3 heterocycles. The van der Waals surface area contributed by atoms with Crippen LogP contribution in [0.15, 0.2) is 17.0 Å². The molecule has 6 nitrogen and oxygen atoms in total. The lowest BCUT2D eigenvalue weighted by Crippen LogP contribution is -2.08. The van der Waals surface area contributed by atoms with Crippen molar-refractivity contribution in [3.63, 3.8) is 0 Å². The third-order valence-corrected chi connectivity index (χ3v) is 3.32. The minimum atomic E-state index is 0.324. The van der Waals surface area contributed by atoms with E-state index >= 15 is 0 Å². The van der Waals surface area contributed by atoms with Crippen LogP contribution in [-0.2, 0) is 7.05 Å². The van der Waals surface area contributed by atoms with Gasteiger partial charge in [-0.2, -0.15) is 4.98 Å². The van der Waals surface area contributed by atoms with Gasteiger partial charge in [0.1, 0.15) is 5.69 Å². The Hall–Kier alpha value is -1.69. The molecule has 6 heteroatoms. The van der Waals surface area contributed by atoms with Crippen molar-refractivity contribution in [3.8, 4) is 11.5 Å². The van der Waals surface area contributed by atoms with E-state index in [2.05, 4.69) is 27.4 Å². The van der Waals surface area contributed by atoms with E-state index in [9.17, 15) is 0 Å². The number of imidazole rings is 1.